The molecule has 2 rings (SSSR count). The summed E-state index contributed by atoms with van der Waals surface area (Å²) < 4.78 is 164. The molecule has 2 aromatic carbocycles. The first-order valence-corrected chi connectivity index (χ1v) is 9.40. The fourth-order valence-electron chi connectivity index (χ4n) is 2.93. The van der Waals surface area contributed by atoms with Gasteiger partial charge in [0.15, 0.2) is 0 Å². The Kier molecular flexibility index (Phi) is 7.66. The summed E-state index contributed by atoms with van der Waals surface area (Å²) in [5.74, 6) is -0.414. The molecule has 1 nitrogen and oxygen atoms in total. The van der Waals surface area contributed by atoms with Crippen molar-refractivity contribution >= 4 is 17.8 Å². The summed E-state index contributed by atoms with van der Waals surface area (Å²) in [6, 6.07) is 0.385. The summed E-state index contributed by atoms with van der Waals surface area (Å²) in [7, 11) is 0. The highest BCUT2D eigenvalue weighted by Gasteiger charge is 2.41. The Labute approximate surface area is 185 Å². The van der Waals surface area contributed by atoms with Crippen LogP contribution in [0.2, 0.25) is 0 Å². The van der Waals surface area contributed by atoms with Gasteiger partial charge >= 0.3 is 31.6 Å². The summed E-state index contributed by atoms with van der Waals surface area (Å²) in [6.45, 7) is 0.545. The first-order chi connectivity index (χ1) is 15.2. The first-order valence-electron chi connectivity index (χ1n) is 9.40. The summed E-state index contributed by atoms with van der Waals surface area (Å²) >= 11 is 0. The average Bonchev–Trinajstić information content (AvgIpc) is 2.64. The van der Waals surface area contributed by atoms with Gasteiger partial charge in [0, 0.05) is 6.61 Å². The molecule has 0 amide bonds. The zero-order valence-electron chi connectivity index (χ0n) is 17.3. The molecule has 34 heavy (non-hydrogen) atoms. The van der Waals surface area contributed by atoms with Crippen LogP contribution in [-0.4, -0.2) is 13.5 Å². The van der Waals surface area contributed by atoms with Gasteiger partial charge in [0.05, 0.1) is 22.3 Å². The second-order valence-electron chi connectivity index (χ2n) is 7.79. The number of hydrogen-bond acceptors (Lipinski definition) is 1. The smallest absolute Gasteiger partial charge is 0.416 e. The number of alkyl halides is 12. The summed E-state index contributed by atoms with van der Waals surface area (Å²) in [6.07, 6.45) is -21.2. The number of rotatable bonds is 5. The van der Waals surface area contributed by atoms with Crippen molar-refractivity contribution in [1.82, 2.24) is 0 Å². The molecule has 0 N–H and O–H groups in total. The summed E-state index contributed by atoms with van der Waals surface area (Å²) in [4.78, 5) is 0. The molecular weight excluding hydrogens is 495 g/mol. The Balaban J connectivity index is 2.85. The lowest BCUT2D eigenvalue weighted by Crippen LogP contribution is -2.47. The Morgan fingerprint density at radius 2 is 0.824 bits per heavy atom. The van der Waals surface area contributed by atoms with Crippen molar-refractivity contribution in [3.63, 3.8) is 0 Å². The van der Waals surface area contributed by atoms with Gasteiger partial charge in [-0.2, -0.15) is 52.7 Å². The van der Waals surface area contributed by atoms with Crippen molar-refractivity contribution in [2.45, 2.75) is 38.6 Å². The van der Waals surface area contributed by atoms with Gasteiger partial charge in [0.2, 0.25) is 0 Å². The maximum atomic E-state index is 13.3. The molecule has 0 aromatic heterocycles. The van der Waals surface area contributed by atoms with Crippen molar-refractivity contribution in [2.24, 2.45) is 5.92 Å². The van der Waals surface area contributed by atoms with Crippen LogP contribution in [0.5, 0.6) is 0 Å². The average molecular weight is 510 g/mol. The maximum Gasteiger partial charge on any atom is 0.416 e. The van der Waals surface area contributed by atoms with Crippen LogP contribution in [0.1, 0.15) is 36.1 Å². The van der Waals surface area contributed by atoms with Gasteiger partial charge in [-0.3, -0.25) is 0 Å². The van der Waals surface area contributed by atoms with Crippen molar-refractivity contribution in [1.29, 1.82) is 0 Å². The van der Waals surface area contributed by atoms with Gasteiger partial charge in [0.25, 0.3) is 0 Å². The van der Waals surface area contributed by atoms with E-state index in [0.717, 1.165) is 0 Å². The van der Waals surface area contributed by atoms with Crippen molar-refractivity contribution < 1.29 is 57.3 Å². The predicted octanol–water partition coefficient (Wildman–Crippen LogP) is 6.54. The van der Waals surface area contributed by atoms with E-state index in [9.17, 15) is 52.7 Å². The molecule has 0 unspecified atom stereocenters. The van der Waals surface area contributed by atoms with Gasteiger partial charge in [-0.05, 0) is 29.0 Å². The molecule has 0 radical (unpaired) electrons. The van der Waals surface area contributed by atoms with Gasteiger partial charge < -0.3 is 4.65 Å². The second-order valence-corrected chi connectivity index (χ2v) is 7.79. The van der Waals surface area contributed by atoms with E-state index in [1.54, 1.807) is 0 Å². The van der Waals surface area contributed by atoms with E-state index in [1.807, 2.05) is 0 Å². The Morgan fingerprint density at radius 1 is 0.559 bits per heavy atom. The van der Waals surface area contributed by atoms with Gasteiger partial charge in [-0.1, -0.05) is 38.1 Å². The third-order valence-corrected chi connectivity index (χ3v) is 4.42. The van der Waals surface area contributed by atoms with Crippen LogP contribution in [-0.2, 0) is 29.4 Å². The van der Waals surface area contributed by atoms with Crippen LogP contribution in [0.25, 0.3) is 0 Å². The molecule has 2 aromatic rings. The minimum absolute atomic E-state index is 0.202. The van der Waals surface area contributed by atoms with Crippen molar-refractivity contribution in [2.75, 3.05) is 6.61 Å². The highest BCUT2D eigenvalue weighted by Crippen LogP contribution is 2.36. The minimum atomic E-state index is -5.29. The first kappa shape index (κ1) is 27.9. The highest BCUT2D eigenvalue weighted by molar-refractivity contribution is 6.80. The highest BCUT2D eigenvalue weighted by atomic mass is 19.4. The SMILES string of the molecule is CC(C)COB(c1cc(C(F)(F)F)cc(C(F)(F)F)c1)c1cc(C(F)(F)F)cc(C(F)(F)F)c1. The van der Waals surface area contributed by atoms with Crippen LogP contribution < -0.4 is 10.9 Å². The fourth-order valence-corrected chi connectivity index (χ4v) is 2.93. The molecule has 188 valence electrons. The zero-order chi connectivity index (χ0) is 26.3. The lowest BCUT2D eigenvalue weighted by molar-refractivity contribution is -0.144. The molecule has 0 bridgehead atoms. The molecule has 14 heteroatoms. The van der Waals surface area contributed by atoms with E-state index < -0.39 is 70.7 Å². The number of benzene rings is 2. The third-order valence-electron chi connectivity index (χ3n) is 4.42. The zero-order valence-corrected chi connectivity index (χ0v) is 17.3. The quantitative estimate of drug-likeness (QED) is 0.328. The predicted molar refractivity (Wildman–Crippen MR) is 98.7 cm³/mol. The number of hydrogen-bond donors (Lipinski definition) is 0. The van der Waals surface area contributed by atoms with E-state index in [1.165, 1.54) is 13.8 Å². The number of halogens is 12. The van der Waals surface area contributed by atoms with Crippen LogP contribution in [0.15, 0.2) is 36.4 Å². The Hall–Kier alpha value is -2.38. The molecule has 0 fully saturated rings. The Morgan fingerprint density at radius 3 is 1.03 bits per heavy atom. The van der Waals surface area contributed by atoms with Crippen molar-refractivity contribution in [3.8, 4) is 0 Å². The monoisotopic (exact) mass is 510 g/mol. The normalized spacial score (nSPS) is 13.5. The van der Waals surface area contributed by atoms with E-state index in [-0.39, 0.29) is 43.0 Å². The standard InChI is InChI=1S/C20H15BF12O/c1-10(2)9-34-21(15-5-11(17(22,23)24)3-12(6-15)18(25,26)27)16-7-13(19(28,29)30)4-14(8-16)20(31,32)33/h3-8,10H,9H2,1-2H3. The molecule has 0 spiro atoms. The van der Waals surface area contributed by atoms with Crippen molar-refractivity contribution in [3.05, 3.63) is 58.7 Å². The van der Waals surface area contributed by atoms with E-state index in [2.05, 4.69) is 0 Å². The van der Waals surface area contributed by atoms with Crippen LogP contribution >= 0.6 is 0 Å². The Bertz CT molecular complexity index is 863. The molecular formula is C20H15BF12O. The summed E-state index contributed by atoms with van der Waals surface area (Å²) in [5.41, 5.74) is -8.99. The van der Waals surface area contributed by atoms with Gasteiger partial charge in [-0.25, -0.2) is 0 Å². The van der Waals surface area contributed by atoms with Crippen LogP contribution in [0.4, 0.5) is 52.7 Å². The van der Waals surface area contributed by atoms with E-state index in [4.69, 9.17) is 4.65 Å². The second kappa shape index (κ2) is 9.35. The van der Waals surface area contributed by atoms with E-state index in [0.29, 0.717) is 0 Å². The largest absolute Gasteiger partial charge is 0.427 e. The van der Waals surface area contributed by atoms with Crippen LogP contribution in [0.3, 0.4) is 0 Å². The summed E-state index contributed by atoms with van der Waals surface area (Å²) in [5, 5.41) is 0. The molecule has 0 heterocycles. The molecule has 0 atom stereocenters. The molecule has 0 aliphatic carbocycles. The van der Waals surface area contributed by atoms with E-state index >= 15 is 0 Å². The molecule has 0 saturated carbocycles. The van der Waals surface area contributed by atoms with Gasteiger partial charge in [0.1, 0.15) is 0 Å². The third kappa shape index (κ3) is 7.06. The molecule has 0 saturated heterocycles. The lowest BCUT2D eigenvalue weighted by Gasteiger charge is -2.22. The fraction of sp³-hybridized carbons (Fsp3) is 0.400. The molecule has 0 aliphatic rings. The minimum Gasteiger partial charge on any atom is -0.427 e. The van der Waals surface area contributed by atoms with Crippen LogP contribution in [0, 0.1) is 5.92 Å². The van der Waals surface area contributed by atoms with Gasteiger partial charge in [-0.15, -0.1) is 0 Å². The lowest BCUT2D eigenvalue weighted by atomic mass is 9.54. The molecule has 0 aliphatic heterocycles. The maximum absolute atomic E-state index is 13.3. The topological polar surface area (TPSA) is 9.23 Å².